The van der Waals surface area contributed by atoms with E-state index in [9.17, 15) is 0 Å². The lowest BCUT2D eigenvalue weighted by Gasteiger charge is -2.10. The van der Waals surface area contributed by atoms with Gasteiger partial charge >= 0.3 is 0 Å². The fourth-order valence-electron chi connectivity index (χ4n) is 2.27. The summed E-state index contributed by atoms with van der Waals surface area (Å²) in [5.74, 6) is 3.55. The van der Waals surface area contributed by atoms with Crippen molar-refractivity contribution in [2.75, 3.05) is 26.6 Å². The first-order valence-corrected chi connectivity index (χ1v) is 8.87. The summed E-state index contributed by atoms with van der Waals surface area (Å²) in [5.41, 5.74) is 1.95. The molecule has 3 aromatic rings. The summed E-state index contributed by atoms with van der Waals surface area (Å²) in [7, 11) is 4.88. The number of nitrogens with one attached hydrogen (secondary N) is 2. The Morgan fingerprint density at radius 3 is 2.38 bits per heavy atom. The third kappa shape index (κ3) is 4.40. The second kappa shape index (κ2) is 8.48. The minimum Gasteiger partial charge on any atom is -0.497 e. The molecule has 7 nitrogen and oxygen atoms in total. The maximum atomic E-state index is 5.37. The Labute approximate surface area is 156 Å². The highest BCUT2D eigenvalue weighted by molar-refractivity contribution is 7.98. The topological polar surface area (TPSA) is 81.3 Å². The van der Waals surface area contributed by atoms with Gasteiger partial charge in [-0.05, 0) is 29.8 Å². The highest BCUT2D eigenvalue weighted by Crippen LogP contribution is 2.31. The van der Waals surface area contributed by atoms with Gasteiger partial charge in [-0.25, -0.2) is 5.10 Å². The van der Waals surface area contributed by atoms with Crippen LogP contribution in [0.2, 0.25) is 0 Å². The number of anilines is 2. The first kappa shape index (κ1) is 17.9. The molecule has 0 saturated heterocycles. The van der Waals surface area contributed by atoms with Crippen molar-refractivity contribution in [3.63, 3.8) is 0 Å². The van der Waals surface area contributed by atoms with Crippen LogP contribution in [0.4, 0.5) is 11.6 Å². The van der Waals surface area contributed by atoms with Gasteiger partial charge < -0.3 is 19.5 Å². The molecule has 0 bridgehead atoms. The van der Waals surface area contributed by atoms with E-state index in [2.05, 4.69) is 20.5 Å². The number of nitrogens with zero attached hydrogens (tertiary/aromatic N) is 2. The molecular weight excluding hydrogens is 352 g/mol. The standard InChI is InChI=1S/C18H20N4O3S/c1-23-13-6-4-12(5-7-13)11-26-18-20-17(21-22-18)19-15-9-8-14(24-2)10-16(15)25-3/h4-10H,11H2,1-3H3,(H2,19,20,21,22). The van der Waals surface area contributed by atoms with Crippen LogP contribution in [-0.4, -0.2) is 36.5 Å². The Kier molecular flexibility index (Phi) is 5.85. The first-order valence-electron chi connectivity index (χ1n) is 7.89. The van der Waals surface area contributed by atoms with Crippen LogP contribution in [0.3, 0.4) is 0 Å². The average molecular weight is 372 g/mol. The van der Waals surface area contributed by atoms with Crippen LogP contribution >= 0.6 is 11.8 Å². The molecule has 136 valence electrons. The summed E-state index contributed by atoms with van der Waals surface area (Å²) in [4.78, 5) is 4.45. The summed E-state index contributed by atoms with van der Waals surface area (Å²) >= 11 is 1.55. The summed E-state index contributed by atoms with van der Waals surface area (Å²) < 4.78 is 15.7. The molecule has 2 aromatic carbocycles. The van der Waals surface area contributed by atoms with Gasteiger partial charge in [0.25, 0.3) is 0 Å². The van der Waals surface area contributed by atoms with Crippen LogP contribution in [0.1, 0.15) is 5.56 Å². The van der Waals surface area contributed by atoms with Crippen molar-refractivity contribution < 1.29 is 14.2 Å². The molecule has 0 unspecified atom stereocenters. The average Bonchev–Trinajstić information content (AvgIpc) is 3.14. The lowest BCUT2D eigenvalue weighted by atomic mass is 10.2. The van der Waals surface area contributed by atoms with E-state index in [4.69, 9.17) is 14.2 Å². The maximum absolute atomic E-state index is 5.37. The zero-order chi connectivity index (χ0) is 18.4. The van der Waals surface area contributed by atoms with E-state index in [1.807, 2.05) is 36.4 Å². The number of thioether (sulfide) groups is 1. The largest absolute Gasteiger partial charge is 0.497 e. The quantitative estimate of drug-likeness (QED) is 0.581. The molecule has 1 aromatic heterocycles. The number of hydrogen-bond donors (Lipinski definition) is 2. The minimum atomic E-state index is 0.547. The van der Waals surface area contributed by atoms with Crippen LogP contribution in [0, 0.1) is 0 Å². The minimum absolute atomic E-state index is 0.547. The van der Waals surface area contributed by atoms with Gasteiger partial charge in [0.05, 0.1) is 27.0 Å². The summed E-state index contributed by atoms with van der Waals surface area (Å²) in [6, 6.07) is 13.5. The highest BCUT2D eigenvalue weighted by atomic mass is 32.2. The van der Waals surface area contributed by atoms with Crippen LogP contribution in [0.5, 0.6) is 17.2 Å². The SMILES string of the molecule is COc1ccc(CSc2n[nH]c(Nc3ccc(OC)cc3OC)n2)cc1. The molecule has 0 fully saturated rings. The molecule has 3 rings (SSSR count). The molecule has 8 heteroatoms. The van der Waals surface area contributed by atoms with Gasteiger partial charge in [0, 0.05) is 11.8 Å². The molecule has 0 radical (unpaired) electrons. The molecular formula is C18H20N4O3S. The van der Waals surface area contributed by atoms with E-state index in [0.29, 0.717) is 16.9 Å². The lowest BCUT2D eigenvalue weighted by molar-refractivity contribution is 0.395. The summed E-state index contributed by atoms with van der Waals surface area (Å²) in [6.45, 7) is 0. The molecule has 1 heterocycles. The molecule has 0 amide bonds. The van der Waals surface area contributed by atoms with Gasteiger partial charge in [0.1, 0.15) is 17.2 Å². The Balaban J connectivity index is 1.62. The molecule has 2 N–H and O–H groups in total. The number of aromatic nitrogens is 3. The van der Waals surface area contributed by atoms with Crippen molar-refractivity contribution in [3.05, 3.63) is 48.0 Å². The predicted molar refractivity (Wildman–Crippen MR) is 102 cm³/mol. The summed E-state index contributed by atoms with van der Waals surface area (Å²) in [6.07, 6.45) is 0. The third-order valence-electron chi connectivity index (χ3n) is 3.65. The second-order valence-corrected chi connectivity index (χ2v) is 6.24. The lowest BCUT2D eigenvalue weighted by Crippen LogP contribution is -1.97. The van der Waals surface area contributed by atoms with Crippen molar-refractivity contribution in [1.29, 1.82) is 0 Å². The Morgan fingerprint density at radius 1 is 0.962 bits per heavy atom. The fourth-order valence-corrected chi connectivity index (χ4v) is 3.02. The number of aromatic amines is 1. The van der Waals surface area contributed by atoms with E-state index in [1.54, 1.807) is 39.2 Å². The molecule has 0 atom stereocenters. The molecule has 0 saturated carbocycles. The van der Waals surface area contributed by atoms with E-state index < -0.39 is 0 Å². The second-order valence-electron chi connectivity index (χ2n) is 5.29. The number of methoxy groups -OCH3 is 3. The number of benzene rings is 2. The highest BCUT2D eigenvalue weighted by Gasteiger charge is 2.09. The number of H-pyrrole nitrogens is 1. The Morgan fingerprint density at radius 2 is 1.69 bits per heavy atom. The Hall–Kier alpha value is -2.87. The number of rotatable bonds is 8. The van der Waals surface area contributed by atoms with Gasteiger partial charge in [0.2, 0.25) is 11.1 Å². The summed E-state index contributed by atoms with van der Waals surface area (Å²) in [5, 5.41) is 10.9. The van der Waals surface area contributed by atoms with Crippen LogP contribution < -0.4 is 19.5 Å². The Bertz CT molecular complexity index is 852. The third-order valence-corrected chi connectivity index (χ3v) is 4.57. The van der Waals surface area contributed by atoms with Gasteiger partial charge in [0.15, 0.2) is 0 Å². The zero-order valence-corrected chi connectivity index (χ0v) is 15.6. The zero-order valence-electron chi connectivity index (χ0n) is 14.8. The molecule has 0 aliphatic carbocycles. The van der Waals surface area contributed by atoms with Crippen molar-refractivity contribution >= 4 is 23.4 Å². The number of ether oxygens (including phenoxy) is 3. The molecule has 0 spiro atoms. The van der Waals surface area contributed by atoms with Crippen molar-refractivity contribution in [2.24, 2.45) is 0 Å². The number of hydrogen-bond acceptors (Lipinski definition) is 7. The van der Waals surface area contributed by atoms with E-state index >= 15 is 0 Å². The molecule has 26 heavy (non-hydrogen) atoms. The van der Waals surface area contributed by atoms with Crippen molar-refractivity contribution in [1.82, 2.24) is 15.2 Å². The smallest absolute Gasteiger partial charge is 0.224 e. The fraction of sp³-hybridized carbons (Fsp3) is 0.222. The van der Waals surface area contributed by atoms with E-state index in [-0.39, 0.29) is 0 Å². The maximum Gasteiger partial charge on any atom is 0.224 e. The molecule has 0 aliphatic heterocycles. The molecule has 0 aliphatic rings. The first-order chi connectivity index (χ1) is 12.7. The van der Waals surface area contributed by atoms with Gasteiger partial charge in [-0.3, -0.25) is 0 Å². The normalized spacial score (nSPS) is 10.4. The van der Waals surface area contributed by atoms with Crippen molar-refractivity contribution in [3.8, 4) is 17.2 Å². The van der Waals surface area contributed by atoms with Crippen molar-refractivity contribution in [2.45, 2.75) is 10.9 Å². The monoisotopic (exact) mass is 372 g/mol. The predicted octanol–water partition coefficient (Wildman–Crippen LogP) is 3.87. The van der Waals surface area contributed by atoms with E-state index in [1.165, 1.54) is 5.56 Å². The van der Waals surface area contributed by atoms with Gasteiger partial charge in [-0.2, -0.15) is 4.98 Å². The van der Waals surface area contributed by atoms with Gasteiger partial charge in [-0.1, -0.05) is 23.9 Å². The van der Waals surface area contributed by atoms with Crippen LogP contribution in [0.15, 0.2) is 47.6 Å². The van der Waals surface area contributed by atoms with Crippen LogP contribution in [0.25, 0.3) is 0 Å². The van der Waals surface area contributed by atoms with Gasteiger partial charge in [-0.15, -0.1) is 5.10 Å². The van der Waals surface area contributed by atoms with E-state index in [0.717, 1.165) is 22.9 Å². The van der Waals surface area contributed by atoms with Crippen LogP contribution in [-0.2, 0) is 5.75 Å².